The molecule has 0 spiro atoms. The number of para-hydroxylation sites is 1. The second-order valence-corrected chi connectivity index (χ2v) is 7.46. The van der Waals surface area contributed by atoms with Crippen LogP contribution >= 0.6 is 0 Å². The predicted octanol–water partition coefficient (Wildman–Crippen LogP) is 5.17. The highest BCUT2D eigenvalue weighted by Gasteiger charge is 2.23. The number of carbonyl (C=O) groups is 1. The van der Waals surface area contributed by atoms with Crippen LogP contribution in [0, 0.1) is 6.92 Å². The van der Waals surface area contributed by atoms with Crippen LogP contribution in [0.25, 0.3) is 5.57 Å². The van der Waals surface area contributed by atoms with Crippen molar-refractivity contribution in [3.05, 3.63) is 59.8 Å². The molecule has 0 aromatic heterocycles. The number of hydrogen-bond acceptors (Lipinski definition) is 3. The number of nitrogens with zero attached hydrogens (tertiary/aromatic N) is 1. The summed E-state index contributed by atoms with van der Waals surface area (Å²) in [6.07, 6.45) is 8.42. The summed E-state index contributed by atoms with van der Waals surface area (Å²) in [7, 11) is 0. The number of nitrogens with one attached hydrogen (secondary N) is 2. The fourth-order valence-electron chi connectivity index (χ4n) is 4.03. The van der Waals surface area contributed by atoms with Crippen LogP contribution in [0.1, 0.15) is 43.2 Å². The average molecular weight is 361 g/mol. The van der Waals surface area contributed by atoms with Crippen LogP contribution in [0.5, 0.6) is 0 Å². The van der Waals surface area contributed by atoms with E-state index in [-0.39, 0.29) is 5.91 Å². The van der Waals surface area contributed by atoms with Gasteiger partial charge < -0.3 is 15.5 Å². The van der Waals surface area contributed by atoms with Crippen molar-refractivity contribution in [3.8, 4) is 0 Å². The van der Waals surface area contributed by atoms with Crippen LogP contribution in [-0.4, -0.2) is 19.0 Å². The van der Waals surface area contributed by atoms with Crippen molar-refractivity contribution in [1.29, 1.82) is 0 Å². The Morgan fingerprint density at radius 1 is 1.00 bits per heavy atom. The third-order valence-corrected chi connectivity index (χ3v) is 5.49. The van der Waals surface area contributed by atoms with Gasteiger partial charge in [-0.1, -0.05) is 37.5 Å². The van der Waals surface area contributed by atoms with Gasteiger partial charge in [0.1, 0.15) is 0 Å². The lowest BCUT2D eigenvalue weighted by molar-refractivity contribution is -0.110. The summed E-state index contributed by atoms with van der Waals surface area (Å²) < 4.78 is 0. The monoisotopic (exact) mass is 361 g/mol. The van der Waals surface area contributed by atoms with E-state index in [9.17, 15) is 4.79 Å². The van der Waals surface area contributed by atoms with E-state index in [0.717, 1.165) is 30.0 Å². The molecule has 4 heteroatoms. The topological polar surface area (TPSA) is 44.4 Å². The predicted molar refractivity (Wildman–Crippen MR) is 113 cm³/mol. The van der Waals surface area contributed by atoms with Gasteiger partial charge in [-0.25, -0.2) is 0 Å². The molecule has 1 saturated heterocycles. The molecule has 2 heterocycles. The maximum absolute atomic E-state index is 12.2. The Balaban J connectivity index is 1.51. The van der Waals surface area contributed by atoms with Crippen molar-refractivity contribution in [2.45, 2.75) is 39.0 Å². The number of aryl methyl sites for hydroxylation is 1. The summed E-state index contributed by atoms with van der Waals surface area (Å²) >= 11 is 0. The van der Waals surface area contributed by atoms with Crippen molar-refractivity contribution in [1.82, 2.24) is 0 Å². The van der Waals surface area contributed by atoms with Crippen LogP contribution in [0.2, 0.25) is 0 Å². The fraction of sp³-hybridized carbons (Fsp3) is 0.348. The Morgan fingerprint density at radius 3 is 2.52 bits per heavy atom. The van der Waals surface area contributed by atoms with Gasteiger partial charge in [0.25, 0.3) is 5.91 Å². The van der Waals surface area contributed by atoms with Crippen LogP contribution in [0.3, 0.4) is 0 Å². The lowest BCUT2D eigenvalue weighted by Crippen LogP contribution is -2.27. The van der Waals surface area contributed by atoms with Crippen molar-refractivity contribution in [3.63, 3.8) is 0 Å². The number of benzene rings is 2. The molecule has 0 bridgehead atoms. The standard InChI is InChI=1S/C23H27N3O/c1-17-15-18(11-12-22(17)26-13-7-3-2-4-8-14-26)24-16-20-19-9-5-6-10-21(19)25-23(20)27/h5-6,9-12,15-16,24H,2-4,7-8,13-14H2,1H3,(H,25,27). The average Bonchev–Trinajstić information content (AvgIpc) is 2.96. The van der Waals surface area contributed by atoms with E-state index >= 15 is 0 Å². The minimum atomic E-state index is -0.0577. The quantitative estimate of drug-likeness (QED) is 0.741. The van der Waals surface area contributed by atoms with Gasteiger partial charge in [0.05, 0.1) is 5.57 Å². The number of anilines is 3. The minimum absolute atomic E-state index is 0.0577. The Hall–Kier alpha value is -2.75. The van der Waals surface area contributed by atoms with E-state index in [2.05, 4.69) is 40.7 Å². The summed E-state index contributed by atoms with van der Waals surface area (Å²) in [6, 6.07) is 14.3. The Labute approximate surface area is 161 Å². The van der Waals surface area contributed by atoms with E-state index in [0.29, 0.717) is 5.57 Å². The molecule has 2 aromatic carbocycles. The van der Waals surface area contributed by atoms with Crippen LogP contribution in [-0.2, 0) is 4.79 Å². The molecule has 2 N–H and O–H groups in total. The first kappa shape index (κ1) is 17.7. The normalized spacial score (nSPS) is 18.6. The molecule has 0 unspecified atom stereocenters. The first-order valence-electron chi connectivity index (χ1n) is 9.95. The molecule has 0 saturated carbocycles. The number of carbonyl (C=O) groups excluding carboxylic acids is 1. The van der Waals surface area contributed by atoms with Gasteiger partial charge in [-0.15, -0.1) is 0 Å². The largest absolute Gasteiger partial charge is 0.371 e. The zero-order valence-corrected chi connectivity index (χ0v) is 15.9. The van der Waals surface area contributed by atoms with Crippen molar-refractivity contribution in [2.75, 3.05) is 28.6 Å². The highest BCUT2D eigenvalue weighted by molar-refractivity contribution is 6.31. The van der Waals surface area contributed by atoms with E-state index < -0.39 is 0 Å². The fourth-order valence-corrected chi connectivity index (χ4v) is 4.03. The number of rotatable bonds is 3. The second-order valence-electron chi connectivity index (χ2n) is 7.46. The zero-order valence-electron chi connectivity index (χ0n) is 15.9. The van der Waals surface area contributed by atoms with Gasteiger partial charge >= 0.3 is 0 Å². The van der Waals surface area contributed by atoms with Crippen LogP contribution < -0.4 is 15.5 Å². The first-order valence-corrected chi connectivity index (χ1v) is 9.95. The summed E-state index contributed by atoms with van der Waals surface area (Å²) in [5.74, 6) is -0.0577. The molecule has 2 aromatic rings. The third kappa shape index (κ3) is 3.85. The van der Waals surface area contributed by atoms with Crippen molar-refractivity contribution < 1.29 is 4.79 Å². The molecule has 0 radical (unpaired) electrons. The van der Waals surface area contributed by atoms with Crippen LogP contribution in [0.4, 0.5) is 17.1 Å². The molecule has 140 valence electrons. The Morgan fingerprint density at radius 2 is 1.74 bits per heavy atom. The molecular weight excluding hydrogens is 334 g/mol. The molecule has 2 aliphatic heterocycles. The third-order valence-electron chi connectivity index (χ3n) is 5.49. The van der Waals surface area contributed by atoms with E-state index in [1.807, 2.05) is 30.5 Å². The molecular formula is C23H27N3O. The van der Waals surface area contributed by atoms with Gasteiger partial charge in [0, 0.05) is 41.9 Å². The summed E-state index contributed by atoms with van der Waals surface area (Å²) in [6.45, 7) is 4.47. The van der Waals surface area contributed by atoms with E-state index in [1.54, 1.807) is 0 Å². The molecule has 1 amide bonds. The van der Waals surface area contributed by atoms with Crippen molar-refractivity contribution >= 4 is 28.5 Å². The molecule has 0 atom stereocenters. The lowest BCUT2D eigenvalue weighted by Gasteiger charge is -2.28. The minimum Gasteiger partial charge on any atom is -0.371 e. The van der Waals surface area contributed by atoms with Gasteiger partial charge in [-0.05, 0) is 49.6 Å². The summed E-state index contributed by atoms with van der Waals surface area (Å²) in [5, 5.41) is 6.21. The molecule has 2 aliphatic rings. The summed E-state index contributed by atoms with van der Waals surface area (Å²) in [4.78, 5) is 14.7. The molecule has 27 heavy (non-hydrogen) atoms. The Bertz CT molecular complexity index is 864. The highest BCUT2D eigenvalue weighted by atomic mass is 16.2. The second kappa shape index (κ2) is 7.87. The SMILES string of the molecule is Cc1cc(NC=C2C(=O)Nc3ccccc32)ccc1N1CCCCCCC1. The van der Waals surface area contributed by atoms with E-state index in [4.69, 9.17) is 0 Å². The van der Waals surface area contributed by atoms with Gasteiger partial charge in [0.15, 0.2) is 0 Å². The van der Waals surface area contributed by atoms with Gasteiger partial charge in [-0.3, -0.25) is 4.79 Å². The Kier molecular flexibility index (Phi) is 5.14. The van der Waals surface area contributed by atoms with Gasteiger partial charge in [-0.2, -0.15) is 0 Å². The number of hydrogen-bond donors (Lipinski definition) is 2. The zero-order chi connectivity index (χ0) is 18.6. The maximum Gasteiger partial charge on any atom is 0.257 e. The maximum atomic E-state index is 12.2. The van der Waals surface area contributed by atoms with Gasteiger partial charge in [0.2, 0.25) is 0 Å². The number of fused-ring (bicyclic) bond motifs is 1. The van der Waals surface area contributed by atoms with E-state index in [1.165, 1.54) is 43.4 Å². The summed E-state index contributed by atoms with van der Waals surface area (Å²) in [5.41, 5.74) is 6.11. The molecule has 1 fully saturated rings. The molecule has 4 nitrogen and oxygen atoms in total. The smallest absolute Gasteiger partial charge is 0.257 e. The molecule has 4 rings (SSSR count). The van der Waals surface area contributed by atoms with Crippen LogP contribution in [0.15, 0.2) is 48.7 Å². The van der Waals surface area contributed by atoms with Crippen molar-refractivity contribution in [2.24, 2.45) is 0 Å². The first-order chi connectivity index (χ1) is 13.2. The number of amides is 1. The molecule has 0 aliphatic carbocycles. The highest BCUT2D eigenvalue weighted by Crippen LogP contribution is 2.31. The lowest BCUT2D eigenvalue weighted by atomic mass is 10.1.